The standard InChI is InChI=1S/C22H28N2O4S/c25-21(20-16-29-17-23-20)24-9-7-22(8-10-24)14-19(6-11-28-22)27-13-12-26-15-18-4-2-1-3-5-18/h1-5,16-17,19H,6-15H2. The lowest BCUT2D eigenvalue weighted by Gasteiger charge is -2.46. The van der Waals surface area contributed by atoms with E-state index in [2.05, 4.69) is 17.1 Å². The van der Waals surface area contributed by atoms with Gasteiger partial charge in [-0.1, -0.05) is 30.3 Å². The van der Waals surface area contributed by atoms with E-state index in [1.807, 2.05) is 28.5 Å². The SMILES string of the molecule is O=C(c1cscn1)N1CCC2(CC1)CC(OCCOCc1ccccc1)CCO2. The number of hydrogen-bond acceptors (Lipinski definition) is 6. The number of carbonyl (C=O) groups is 1. The highest BCUT2D eigenvalue weighted by molar-refractivity contribution is 7.07. The smallest absolute Gasteiger partial charge is 0.273 e. The Hall–Kier alpha value is -1.80. The van der Waals surface area contributed by atoms with Gasteiger partial charge in [-0.25, -0.2) is 4.98 Å². The molecule has 1 aromatic heterocycles. The van der Waals surface area contributed by atoms with Gasteiger partial charge in [-0.2, -0.15) is 0 Å². The van der Waals surface area contributed by atoms with Gasteiger partial charge in [0.25, 0.3) is 5.91 Å². The molecule has 0 saturated carbocycles. The third kappa shape index (κ3) is 5.42. The van der Waals surface area contributed by atoms with Crippen molar-refractivity contribution in [2.75, 3.05) is 32.9 Å². The van der Waals surface area contributed by atoms with E-state index in [4.69, 9.17) is 14.2 Å². The maximum absolute atomic E-state index is 12.5. The van der Waals surface area contributed by atoms with Crippen LogP contribution in [0.2, 0.25) is 0 Å². The number of aromatic nitrogens is 1. The van der Waals surface area contributed by atoms with Crippen molar-refractivity contribution in [3.63, 3.8) is 0 Å². The number of benzene rings is 1. The Morgan fingerprint density at radius 3 is 2.83 bits per heavy atom. The van der Waals surface area contributed by atoms with Gasteiger partial charge in [-0.05, 0) is 24.8 Å². The first-order chi connectivity index (χ1) is 14.2. The van der Waals surface area contributed by atoms with Gasteiger partial charge in [0.15, 0.2) is 0 Å². The summed E-state index contributed by atoms with van der Waals surface area (Å²) < 4.78 is 18.0. The van der Waals surface area contributed by atoms with Crippen LogP contribution in [0.5, 0.6) is 0 Å². The summed E-state index contributed by atoms with van der Waals surface area (Å²) in [7, 11) is 0. The monoisotopic (exact) mass is 416 g/mol. The number of rotatable bonds is 7. The number of amides is 1. The Morgan fingerprint density at radius 1 is 1.24 bits per heavy atom. The predicted octanol–water partition coefficient (Wildman–Crippen LogP) is 3.53. The average molecular weight is 417 g/mol. The van der Waals surface area contributed by atoms with Crippen molar-refractivity contribution >= 4 is 17.2 Å². The summed E-state index contributed by atoms with van der Waals surface area (Å²) in [5, 5.41) is 1.81. The molecule has 1 aromatic carbocycles. The molecule has 29 heavy (non-hydrogen) atoms. The van der Waals surface area contributed by atoms with Gasteiger partial charge in [0.05, 0.1) is 37.0 Å². The van der Waals surface area contributed by atoms with E-state index < -0.39 is 0 Å². The molecule has 2 aliphatic heterocycles. The van der Waals surface area contributed by atoms with Crippen LogP contribution in [0, 0.1) is 0 Å². The zero-order valence-corrected chi connectivity index (χ0v) is 17.4. The van der Waals surface area contributed by atoms with Gasteiger partial charge in [0.1, 0.15) is 5.69 Å². The van der Waals surface area contributed by atoms with Gasteiger partial charge in [0.2, 0.25) is 0 Å². The maximum Gasteiger partial charge on any atom is 0.273 e. The summed E-state index contributed by atoms with van der Waals surface area (Å²) in [6.45, 7) is 3.95. The molecule has 2 aromatic rings. The van der Waals surface area contributed by atoms with Crippen molar-refractivity contribution in [2.24, 2.45) is 0 Å². The number of carbonyl (C=O) groups excluding carboxylic acids is 1. The van der Waals surface area contributed by atoms with E-state index in [9.17, 15) is 4.79 Å². The topological polar surface area (TPSA) is 60.9 Å². The second-order valence-electron chi connectivity index (χ2n) is 7.72. The average Bonchev–Trinajstić information content (AvgIpc) is 3.30. The highest BCUT2D eigenvalue weighted by Crippen LogP contribution is 2.36. The summed E-state index contributed by atoms with van der Waals surface area (Å²) in [5.41, 5.74) is 3.27. The van der Waals surface area contributed by atoms with Gasteiger partial charge < -0.3 is 19.1 Å². The molecular weight excluding hydrogens is 388 g/mol. The third-order valence-corrected chi connectivity index (χ3v) is 6.34. The van der Waals surface area contributed by atoms with E-state index in [1.54, 1.807) is 5.51 Å². The van der Waals surface area contributed by atoms with Crippen molar-refractivity contribution in [3.05, 3.63) is 52.5 Å². The minimum Gasteiger partial charge on any atom is -0.376 e. The van der Waals surface area contributed by atoms with E-state index >= 15 is 0 Å². The lowest BCUT2D eigenvalue weighted by molar-refractivity contribution is -0.155. The normalized spacial score (nSPS) is 21.4. The molecule has 7 heteroatoms. The Kier molecular flexibility index (Phi) is 6.92. The van der Waals surface area contributed by atoms with Crippen molar-refractivity contribution in [1.82, 2.24) is 9.88 Å². The number of nitrogens with zero attached hydrogens (tertiary/aromatic N) is 2. The number of piperidine rings is 1. The van der Waals surface area contributed by atoms with Crippen LogP contribution in [0.1, 0.15) is 41.7 Å². The Balaban J connectivity index is 1.18. The van der Waals surface area contributed by atoms with Gasteiger partial charge in [0, 0.05) is 31.5 Å². The summed E-state index contributed by atoms with van der Waals surface area (Å²) in [6, 6.07) is 10.2. The van der Waals surface area contributed by atoms with Crippen molar-refractivity contribution in [3.8, 4) is 0 Å². The summed E-state index contributed by atoms with van der Waals surface area (Å²) in [6.07, 6.45) is 3.72. The van der Waals surface area contributed by atoms with Crippen LogP contribution in [-0.2, 0) is 20.8 Å². The molecule has 0 bridgehead atoms. The molecule has 0 aliphatic carbocycles. The molecule has 0 radical (unpaired) electrons. The third-order valence-electron chi connectivity index (χ3n) is 5.75. The van der Waals surface area contributed by atoms with E-state index in [0.717, 1.165) is 32.3 Å². The first kappa shape index (κ1) is 20.5. The van der Waals surface area contributed by atoms with Crippen LogP contribution in [0.15, 0.2) is 41.2 Å². The molecule has 4 rings (SSSR count). The molecule has 2 saturated heterocycles. The maximum atomic E-state index is 12.5. The highest BCUT2D eigenvalue weighted by atomic mass is 32.1. The van der Waals surface area contributed by atoms with E-state index in [0.29, 0.717) is 38.6 Å². The minimum absolute atomic E-state index is 0.0280. The zero-order valence-electron chi connectivity index (χ0n) is 16.6. The molecule has 2 fully saturated rings. The molecule has 1 spiro atoms. The quantitative estimate of drug-likeness (QED) is 0.646. The number of hydrogen-bond donors (Lipinski definition) is 0. The fourth-order valence-corrected chi connectivity index (χ4v) is 4.63. The molecule has 1 atom stereocenters. The lowest BCUT2D eigenvalue weighted by Crippen LogP contribution is -2.52. The molecule has 0 N–H and O–H groups in total. The predicted molar refractivity (Wildman–Crippen MR) is 111 cm³/mol. The first-order valence-corrected chi connectivity index (χ1v) is 11.2. The van der Waals surface area contributed by atoms with Crippen LogP contribution in [-0.4, -0.2) is 60.4 Å². The molecule has 1 unspecified atom stereocenters. The fraction of sp³-hybridized carbons (Fsp3) is 0.545. The zero-order chi connectivity index (χ0) is 19.9. The first-order valence-electron chi connectivity index (χ1n) is 10.3. The number of ether oxygens (including phenoxy) is 3. The van der Waals surface area contributed by atoms with E-state index in [-0.39, 0.29) is 17.6 Å². The summed E-state index contributed by atoms with van der Waals surface area (Å²) in [5.74, 6) is 0.0280. The fourth-order valence-electron chi connectivity index (χ4n) is 4.11. The Morgan fingerprint density at radius 2 is 2.07 bits per heavy atom. The van der Waals surface area contributed by atoms with Gasteiger partial charge in [-0.3, -0.25) is 4.79 Å². The second-order valence-corrected chi connectivity index (χ2v) is 8.44. The molecule has 2 aliphatic rings. The van der Waals surface area contributed by atoms with Crippen LogP contribution in [0.3, 0.4) is 0 Å². The van der Waals surface area contributed by atoms with Crippen LogP contribution < -0.4 is 0 Å². The molecular formula is C22H28N2O4S. The van der Waals surface area contributed by atoms with Crippen molar-refractivity contribution in [2.45, 2.75) is 44.0 Å². The van der Waals surface area contributed by atoms with Gasteiger partial charge >= 0.3 is 0 Å². The summed E-state index contributed by atoms with van der Waals surface area (Å²) in [4.78, 5) is 18.5. The largest absolute Gasteiger partial charge is 0.376 e. The Labute approximate surface area is 175 Å². The Bertz CT molecular complexity index is 760. The van der Waals surface area contributed by atoms with E-state index in [1.165, 1.54) is 16.9 Å². The minimum atomic E-state index is -0.160. The van der Waals surface area contributed by atoms with Crippen molar-refractivity contribution < 1.29 is 19.0 Å². The molecule has 3 heterocycles. The molecule has 1 amide bonds. The molecule has 6 nitrogen and oxygen atoms in total. The summed E-state index contributed by atoms with van der Waals surface area (Å²) >= 11 is 1.45. The molecule has 156 valence electrons. The number of likely N-dealkylation sites (tertiary alicyclic amines) is 1. The highest BCUT2D eigenvalue weighted by Gasteiger charge is 2.41. The van der Waals surface area contributed by atoms with Crippen LogP contribution >= 0.6 is 11.3 Å². The van der Waals surface area contributed by atoms with Crippen LogP contribution in [0.4, 0.5) is 0 Å². The van der Waals surface area contributed by atoms with Gasteiger partial charge in [-0.15, -0.1) is 11.3 Å². The number of thiazole rings is 1. The lowest BCUT2D eigenvalue weighted by atomic mass is 9.83. The van der Waals surface area contributed by atoms with Crippen LogP contribution in [0.25, 0.3) is 0 Å². The second kappa shape index (κ2) is 9.80. The van der Waals surface area contributed by atoms with Crippen molar-refractivity contribution in [1.29, 1.82) is 0 Å².